The van der Waals surface area contributed by atoms with Gasteiger partial charge in [0.25, 0.3) is 0 Å². The molecule has 2 aliphatic rings. The lowest BCUT2D eigenvalue weighted by Crippen LogP contribution is -2.54. The zero-order valence-electron chi connectivity index (χ0n) is 19.8. The molecule has 3 heterocycles. The summed E-state index contributed by atoms with van der Waals surface area (Å²) in [7, 11) is 2.29. The molecule has 7 nitrogen and oxygen atoms in total. The Bertz CT molecular complexity index is 997. The summed E-state index contributed by atoms with van der Waals surface area (Å²) in [5.41, 5.74) is 3.06. The summed E-state index contributed by atoms with van der Waals surface area (Å²) in [5.74, 6) is -5.51. The van der Waals surface area contributed by atoms with Crippen LogP contribution >= 0.6 is 0 Å². The van der Waals surface area contributed by atoms with E-state index in [0.717, 1.165) is 19.6 Å². The molecule has 1 aromatic carbocycles. The van der Waals surface area contributed by atoms with Gasteiger partial charge in [0.1, 0.15) is 0 Å². The van der Waals surface area contributed by atoms with E-state index in [0.29, 0.717) is 11.5 Å². The van der Waals surface area contributed by atoms with Gasteiger partial charge in [-0.1, -0.05) is 36.4 Å². The fourth-order valence-corrected chi connectivity index (χ4v) is 4.53. The summed E-state index contributed by atoms with van der Waals surface area (Å²) in [6.07, 6.45) is -5.73. The van der Waals surface area contributed by atoms with E-state index < -0.39 is 24.3 Å². The van der Waals surface area contributed by atoms with Crippen LogP contribution in [0.25, 0.3) is 0 Å². The first-order valence-corrected chi connectivity index (χ1v) is 11.1. The first kappa shape index (κ1) is 30.0. The van der Waals surface area contributed by atoms with Crippen LogP contribution in [0.2, 0.25) is 0 Å². The molecule has 2 N–H and O–H groups in total. The molecule has 0 bridgehead atoms. The molecule has 0 spiro atoms. The van der Waals surface area contributed by atoms with Crippen molar-refractivity contribution < 1.29 is 46.1 Å². The van der Waals surface area contributed by atoms with Gasteiger partial charge >= 0.3 is 24.3 Å². The van der Waals surface area contributed by atoms with Gasteiger partial charge in [0.05, 0.1) is 5.69 Å². The number of pyridine rings is 1. The van der Waals surface area contributed by atoms with Crippen molar-refractivity contribution in [3.05, 3.63) is 66.0 Å². The molecule has 2 atom stereocenters. The quantitative estimate of drug-likeness (QED) is 0.570. The number of aromatic nitrogens is 1. The van der Waals surface area contributed by atoms with Crippen molar-refractivity contribution in [1.82, 2.24) is 14.8 Å². The highest BCUT2D eigenvalue weighted by Crippen LogP contribution is 2.45. The summed E-state index contributed by atoms with van der Waals surface area (Å²) < 4.78 is 63.5. The number of carbonyl (C=O) groups is 2. The van der Waals surface area contributed by atoms with Crippen LogP contribution in [-0.2, 0) is 21.5 Å². The molecule has 0 radical (unpaired) electrons. The summed E-state index contributed by atoms with van der Waals surface area (Å²) in [5, 5.41) is 14.2. The van der Waals surface area contributed by atoms with Crippen molar-refractivity contribution in [3.63, 3.8) is 0 Å². The first-order valence-electron chi connectivity index (χ1n) is 11.1. The van der Waals surface area contributed by atoms with Crippen LogP contribution in [-0.4, -0.2) is 82.0 Å². The van der Waals surface area contributed by atoms with Crippen molar-refractivity contribution in [1.29, 1.82) is 0 Å². The molecule has 37 heavy (non-hydrogen) atoms. The second-order valence-electron chi connectivity index (χ2n) is 8.68. The predicted molar refractivity (Wildman–Crippen MR) is 121 cm³/mol. The molecule has 204 valence electrons. The van der Waals surface area contributed by atoms with Gasteiger partial charge < -0.3 is 15.1 Å². The fraction of sp³-hybridized carbons (Fsp3) is 0.458. The first-order chi connectivity index (χ1) is 17.2. The van der Waals surface area contributed by atoms with Crippen molar-refractivity contribution in [3.8, 4) is 0 Å². The summed E-state index contributed by atoms with van der Waals surface area (Å²) in [6, 6.07) is 18.0. The maximum atomic E-state index is 10.6. The van der Waals surface area contributed by atoms with Gasteiger partial charge in [-0.15, -0.1) is 0 Å². The lowest BCUT2D eigenvalue weighted by atomic mass is 9.69. The number of piperidine rings is 1. The van der Waals surface area contributed by atoms with Crippen LogP contribution in [0.15, 0.2) is 54.7 Å². The molecule has 2 aliphatic heterocycles. The minimum absolute atomic E-state index is 0.344. The zero-order chi connectivity index (χ0) is 27.9. The number of likely N-dealkylation sites (tertiary alicyclic amines) is 2. The number of alkyl halides is 6. The number of fused-ring (bicyclic) bond motifs is 1. The average molecular weight is 535 g/mol. The highest BCUT2D eigenvalue weighted by atomic mass is 19.4. The van der Waals surface area contributed by atoms with Crippen molar-refractivity contribution >= 4 is 11.9 Å². The van der Waals surface area contributed by atoms with E-state index in [1.807, 2.05) is 12.3 Å². The smallest absolute Gasteiger partial charge is 0.475 e. The Morgan fingerprint density at radius 1 is 0.919 bits per heavy atom. The predicted octanol–water partition coefficient (Wildman–Crippen LogP) is 4.20. The number of likely N-dealkylation sites (N-methyl/N-ethyl adjacent to an activating group) is 1. The normalized spacial score (nSPS) is 22.1. The van der Waals surface area contributed by atoms with Gasteiger partial charge in [0.15, 0.2) is 0 Å². The molecular weight excluding hydrogens is 508 g/mol. The number of carboxylic acid groups (broad SMARTS) is 2. The van der Waals surface area contributed by atoms with Crippen LogP contribution in [0.4, 0.5) is 26.3 Å². The van der Waals surface area contributed by atoms with Crippen LogP contribution in [0, 0.1) is 0 Å². The second kappa shape index (κ2) is 12.4. The van der Waals surface area contributed by atoms with Gasteiger partial charge in [-0.05, 0) is 50.7 Å². The molecule has 0 amide bonds. The third-order valence-corrected chi connectivity index (χ3v) is 6.33. The molecule has 4 rings (SSSR count). The number of nitrogens with zero attached hydrogens (tertiary/aromatic N) is 3. The summed E-state index contributed by atoms with van der Waals surface area (Å²) >= 11 is 0. The highest BCUT2D eigenvalue weighted by Gasteiger charge is 2.49. The van der Waals surface area contributed by atoms with E-state index >= 15 is 0 Å². The minimum Gasteiger partial charge on any atom is -0.475 e. The monoisotopic (exact) mass is 535 g/mol. The second-order valence-corrected chi connectivity index (χ2v) is 8.68. The van der Waals surface area contributed by atoms with Crippen LogP contribution in [0.1, 0.15) is 24.1 Å². The van der Waals surface area contributed by atoms with Crippen LogP contribution < -0.4 is 0 Å². The van der Waals surface area contributed by atoms with Gasteiger partial charge in [-0.3, -0.25) is 9.88 Å². The molecule has 2 unspecified atom stereocenters. The Morgan fingerprint density at radius 3 is 1.92 bits per heavy atom. The standard InChI is InChI=1S/C20H25N3.2C2HF3O2/c1-22-13-10-20(17-7-3-2-4-8-17)11-14-23(16-19(20)22)15-18-9-5-6-12-21-18;2*3-2(4,5)1(6)7/h2-9,12,19H,10-11,13-16H2,1H3;2*(H,6,7). The average Bonchev–Trinajstić information content (AvgIpc) is 3.17. The Hall–Kier alpha value is -3.19. The van der Waals surface area contributed by atoms with E-state index in [1.54, 1.807) is 0 Å². The topological polar surface area (TPSA) is 94.0 Å². The van der Waals surface area contributed by atoms with E-state index in [1.165, 1.54) is 30.6 Å². The molecular formula is C24H27F6N3O4. The Labute approximate surface area is 209 Å². The number of halogens is 6. The Balaban J connectivity index is 0.000000286. The van der Waals surface area contributed by atoms with Gasteiger partial charge in [-0.25, -0.2) is 9.59 Å². The van der Waals surface area contributed by atoms with E-state index in [-0.39, 0.29) is 0 Å². The number of aliphatic carboxylic acids is 2. The van der Waals surface area contributed by atoms with Gasteiger partial charge in [0.2, 0.25) is 0 Å². The Kier molecular flexibility index (Phi) is 10.0. The lowest BCUT2D eigenvalue weighted by Gasteiger charge is -2.46. The third-order valence-electron chi connectivity index (χ3n) is 6.33. The summed E-state index contributed by atoms with van der Waals surface area (Å²) in [4.78, 5) is 27.4. The number of rotatable bonds is 3. The molecule has 0 aliphatic carbocycles. The van der Waals surface area contributed by atoms with E-state index in [4.69, 9.17) is 19.8 Å². The van der Waals surface area contributed by atoms with Crippen molar-refractivity contribution in [2.75, 3.05) is 26.7 Å². The highest BCUT2D eigenvalue weighted by molar-refractivity contribution is 5.73. The van der Waals surface area contributed by atoms with E-state index in [9.17, 15) is 26.3 Å². The van der Waals surface area contributed by atoms with Gasteiger partial charge in [0, 0.05) is 30.7 Å². The molecule has 2 saturated heterocycles. The summed E-state index contributed by atoms with van der Waals surface area (Å²) in [6.45, 7) is 4.48. The SMILES string of the molecule is CN1CCC2(c3ccccc3)CCN(Cc3ccccn3)CC12.O=C(O)C(F)(F)F.O=C(O)C(F)(F)F. The number of benzene rings is 1. The van der Waals surface area contributed by atoms with Crippen LogP contribution in [0.3, 0.4) is 0 Å². The largest absolute Gasteiger partial charge is 0.490 e. The molecule has 0 saturated carbocycles. The maximum Gasteiger partial charge on any atom is 0.490 e. The zero-order valence-corrected chi connectivity index (χ0v) is 19.8. The van der Waals surface area contributed by atoms with Crippen LogP contribution in [0.5, 0.6) is 0 Å². The number of hydrogen-bond acceptors (Lipinski definition) is 5. The minimum atomic E-state index is -5.08. The third kappa shape index (κ3) is 8.42. The van der Waals surface area contributed by atoms with Gasteiger partial charge in [-0.2, -0.15) is 26.3 Å². The molecule has 2 aromatic rings. The Morgan fingerprint density at radius 2 is 1.43 bits per heavy atom. The molecule has 2 fully saturated rings. The lowest BCUT2D eigenvalue weighted by molar-refractivity contribution is -0.193. The maximum absolute atomic E-state index is 10.6. The molecule has 1 aromatic heterocycles. The van der Waals surface area contributed by atoms with Crippen molar-refractivity contribution in [2.24, 2.45) is 0 Å². The fourth-order valence-electron chi connectivity index (χ4n) is 4.53. The van der Waals surface area contributed by atoms with E-state index in [2.05, 4.69) is 64.3 Å². The number of hydrogen-bond donors (Lipinski definition) is 2. The van der Waals surface area contributed by atoms with Crippen molar-refractivity contribution in [2.45, 2.75) is 43.2 Å². The molecule has 13 heteroatoms. The number of carboxylic acids is 2.